The van der Waals surface area contributed by atoms with E-state index in [0.29, 0.717) is 6.42 Å². The lowest BCUT2D eigenvalue weighted by Crippen LogP contribution is -2.55. The molecule has 3 N–H and O–H groups in total. The minimum Gasteiger partial charge on any atom is -0.350 e. The third kappa shape index (κ3) is 5.07. The van der Waals surface area contributed by atoms with Gasteiger partial charge in [0, 0.05) is 12.6 Å². The number of benzene rings is 1. The van der Waals surface area contributed by atoms with E-state index in [9.17, 15) is 9.18 Å². The summed E-state index contributed by atoms with van der Waals surface area (Å²) < 4.78 is 13.9. The number of carbonyl (C=O) groups is 1. The summed E-state index contributed by atoms with van der Waals surface area (Å²) >= 11 is 5.80. The summed E-state index contributed by atoms with van der Waals surface area (Å²) in [6.45, 7) is 7.51. The number of hydrogen-bond acceptors (Lipinski definition) is 3. The van der Waals surface area contributed by atoms with Crippen LogP contribution in [0.1, 0.15) is 51.6 Å². The predicted molar refractivity (Wildman–Crippen MR) is 103 cm³/mol. The van der Waals surface area contributed by atoms with E-state index in [1.54, 1.807) is 13.0 Å². The molecule has 3 unspecified atom stereocenters. The Bertz CT molecular complexity index is 598. The molecule has 4 nitrogen and oxygen atoms in total. The smallest absolute Gasteiger partial charge is 0.240 e. The topological polar surface area (TPSA) is 58.4 Å². The number of nitrogens with one attached hydrogen (secondary N) is 1. The molecule has 25 heavy (non-hydrogen) atoms. The zero-order valence-electron chi connectivity index (χ0n) is 15.0. The number of rotatable bonds is 6. The first-order chi connectivity index (χ1) is 11.3. The number of likely N-dealkylation sites (N-methyl/N-ethyl adjacent to an activating group) is 1. The van der Waals surface area contributed by atoms with Gasteiger partial charge in [0.2, 0.25) is 5.91 Å². The molecule has 0 saturated carbocycles. The van der Waals surface area contributed by atoms with Gasteiger partial charge in [0.25, 0.3) is 0 Å². The number of hydrogen-bond donors (Lipinski definition) is 2. The van der Waals surface area contributed by atoms with Gasteiger partial charge in [-0.15, -0.1) is 12.4 Å². The van der Waals surface area contributed by atoms with E-state index in [0.717, 1.165) is 31.5 Å². The van der Waals surface area contributed by atoms with Crippen molar-refractivity contribution in [3.8, 4) is 0 Å². The summed E-state index contributed by atoms with van der Waals surface area (Å²) in [6, 6.07) is 4.72. The molecule has 7 heteroatoms. The highest BCUT2D eigenvalue weighted by atomic mass is 35.5. The van der Waals surface area contributed by atoms with Crippen LogP contribution in [0.3, 0.4) is 0 Å². The lowest BCUT2D eigenvalue weighted by molar-refractivity contribution is -0.127. The summed E-state index contributed by atoms with van der Waals surface area (Å²) in [5, 5.41) is 3.20. The molecule has 142 valence electrons. The first kappa shape index (κ1) is 22.2. The summed E-state index contributed by atoms with van der Waals surface area (Å²) in [4.78, 5) is 14.8. The molecule has 1 fully saturated rings. The molecular weight excluding hydrogens is 364 g/mol. The molecule has 1 aromatic rings. The van der Waals surface area contributed by atoms with Crippen molar-refractivity contribution in [3.05, 3.63) is 34.6 Å². The van der Waals surface area contributed by atoms with Crippen LogP contribution in [0.25, 0.3) is 0 Å². The van der Waals surface area contributed by atoms with Crippen LogP contribution >= 0.6 is 24.0 Å². The van der Waals surface area contributed by atoms with Crippen LogP contribution in [0.4, 0.5) is 4.39 Å². The highest BCUT2D eigenvalue weighted by Crippen LogP contribution is 2.33. The Hall–Kier alpha value is -0.880. The van der Waals surface area contributed by atoms with Crippen molar-refractivity contribution in [2.24, 2.45) is 5.73 Å². The fraction of sp³-hybridized carbons (Fsp3) is 0.611. The van der Waals surface area contributed by atoms with Gasteiger partial charge in [-0.1, -0.05) is 37.9 Å². The van der Waals surface area contributed by atoms with Gasteiger partial charge in [0.15, 0.2) is 0 Å². The zero-order valence-corrected chi connectivity index (χ0v) is 16.6. The monoisotopic (exact) mass is 391 g/mol. The SMILES string of the molecule is CCCC(C)(N)C(=O)NC1CCN(CC)C1c1ccc(Cl)c(F)c1.Cl. The van der Waals surface area contributed by atoms with Gasteiger partial charge in [-0.25, -0.2) is 4.39 Å². The third-order valence-electron chi connectivity index (χ3n) is 4.80. The molecule has 1 heterocycles. The number of amides is 1. The maximum absolute atomic E-state index is 13.9. The van der Waals surface area contributed by atoms with Crippen molar-refractivity contribution in [2.75, 3.05) is 13.1 Å². The van der Waals surface area contributed by atoms with E-state index in [4.69, 9.17) is 17.3 Å². The Kier molecular flexibility index (Phi) is 8.13. The first-order valence-electron chi connectivity index (χ1n) is 8.59. The normalized spacial score (nSPS) is 23.0. The number of likely N-dealkylation sites (tertiary alicyclic amines) is 1. The molecular formula is C18H28Cl2FN3O. The minimum atomic E-state index is -0.885. The van der Waals surface area contributed by atoms with E-state index in [2.05, 4.69) is 17.1 Å². The van der Waals surface area contributed by atoms with Gasteiger partial charge in [-0.3, -0.25) is 9.69 Å². The summed E-state index contributed by atoms with van der Waals surface area (Å²) in [5.41, 5.74) is 6.09. The second-order valence-corrected chi connectivity index (χ2v) is 7.19. The second-order valence-electron chi connectivity index (χ2n) is 6.78. The Labute approximate surface area is 160 Å². The highest BCUT2D eigenvalue weighted by Gasteiger charge is 2.38. The molecule has 2 rings (SSSR count). The Balaban J connectivity index is 0.00000312. The summed E-state index contributed by atoms with van der Waals surface area (Å²) in [7, 11) is 0. The van der Waals surface area contributed by atoms with Crippen LogP contribution < -0.4 is 11.1 Å². The van der Waals surface area contributed by atoms with Gasteiger partial charge in [-0.2, -0.15) is 0 Å². The van der Waals surface area contributed by atoms with Gasteiger partial charge in [0.05, 0.1) is 16.6 Å². The van der Waals surface area contributed by atoms with Crippen molar-refractivity contribution in [1.29, 1.82) is 0 Å². The first-order valence-corrected chi connectivity index (χ1v) is 8.96. The van der Waals surface area contributed by atoms with E-state index >= 15 is 0 Å². The van der Waals surface area contributed by atoms with Crippen LogP contribution in [0.15, 0.2) is 18.2 Å². The van der Waals surface area contributed by atoms with E-state index in [-0.39, 0.29) is 35.4 Å². The fourth-order valence-corrected chi connectivity index (χ4v) is 3.59. The summed E-state index contributed by atoms with van der Waals surface area (Å²) in [5.74, 6) is -0.580. The van der Waals surface area contributed by atoms with Gasteiger partial charge in [0.1, 0.15) is 5.82 Å². The van der Waals surface area contributed by atoms with Crippen LogP contribution in [0.5, 0.6) is 0 Å². The number of nitrogens with two attached hydrogens (primary N) is 1. The molecule has 1 aliphatic rings. The summed E-state index contributed by atoms with van der Waals surface area (Å²) in [6.07, 6.45) is 2.29. The number of halogens is 3. The van der Waals surface area contributed by atoms with Crippen LogP contribution in [-0.2, 0) is 4.79 Å². The average Bonchev–Trinajstić information content (AvgIpc) is 2.92. The Morgan fingerprint density at radius 1 is 1.48 bits per heavy atom. The zero-order chi connectivity index (χ0) is 17.9. The van der Waals surface area contributed by atoms with Crippen molar-refractivity contribution in [1.82, 2.24) is 10.2 Å². The van der Waals surface area contributed by atoms with Crippen LogP contribution in [0, 0.1) is 5.82 Å². The maximum atomic E-state index is 13.9. The molecule has 3 atom stereocenters. The second kappa shape index (κ2) is 9.17. The van der Waals surface area contributed by atoms with Gasteiger partial charge in [-0.05, 0) is 44.0 Å². The molecule has 0 bridgehead atoms. The maximum Gasteiger partial charge on any atom is 0.240 e. The molecule has 0 spiro atoms. The fourth-order valence-electron chi connectivity index (χ4n) is 3.47. The lowest BCUT2D eigenvalue weighted by atomic mass is 9.94. The van der Waals surface area contributed by atoms with Crippen molar-refractivity contribution in [2.45, 2.75) is 57.7 Å². The molecule has 1 amide bonds. The Morgan fingerprint density at radius 3 is 2.72 bits per heavy atom. The van der Waals surface area contributed by atoms with Gasteiger partial charge >= 0.3 is 0 Å². The van der Waals surface area contributed by atoms with E-state index in [1.807, 2.05) is 13.0 Å². The molecule has 0 aliphatic carbocycles. The minimum absolute atomic E-state index is 0. The molecule has 0 radical (unpaired) electrons. The van der Waals surface area contributed by atoms with Crippen LogP contribution in [0.2, 0.25) is 5.02 Å². The quantitative estimate of drug-likeness (QED) is 0.777. The van der Waals surface area contributed by atoms with Crippen molar-refractivity contribution in [3.63, 3.8) is 0 Å². The van der Waals surface area contributed by atoms with Crippen molar-refractivity contribution >= 4 is 29.9 Å². The van der Waals surface area contributed by atoms with E-state index < -0.39 is 11.4 Å². The standard InChI is InChI=1S/C18H27ClFN3O.ClH/c1-4-9-18(3,21)17(24)22-15-8-10-23(5-2)16(15)12-6-7-13(19)14(20)11-12;/h6-7,11,15-16H,4-5,8-10,21H2,1-3H3,(H,22,24);1H. The predicted octanol–water partition coefficient (Wildman–Crippen LogP) is 3.67. The van der Waals surface area contributed by atoms with Gasteiger partial charge < -0.3 is 11.1 Å². The molecule has 1 aliphatic heterocycles. The average molecular weight is 392 g/mol. The largest absolute Gasteiger partial charge is 0.350 e. The van der Waals surface area contributed by atoms with Crippen LogP contribution in [-0.4, -0.2) is 35.5 Å². The van der Waals surface area contributed by atoms with E-state index in [1.165, 1.54) is 6.07 Å². The van der Waals surface area contributed by atoms with Crippen molar-refractivity contribution < 1.29 is 9.18 Å². The number of nitrogens with zero attached hydrogens (tertiary/aromatic N) is 1. The third-order valence-corrected chi connectivity index (χ3v) is 5.10. The highest BCUT2D eigenvalue weighted by molar-refractivity contribution is 6.30. The Morgan fingerprint density at radius 2 is 2.16 bits per heavy atom. The number of carbonyl (C=O) groups excluding carboxylic acids is 1. The molecule has 0 aromatic heterocycles. The molecule has 1 saturated heterocycles. The lowest BCUT2D eigenvalue weighted by Gasteiger charge is -2.31. The molecule has 1 aromatic carbocycles.